The van der Waals surface area contributed by atoms with Crippen LogP contribution in [0.15, 0.2) is 59.6 Å². The Labute approximate surface area is 188 Å². The maximum absolute atomic E-state index is 12.9. The largest absolute Gasteiger partial charge is 0.495 e. The van der Waals surface area contributed by atoms with E-state index in [0.717, 1.165) is 12.0 Å². The van der Waals surface area contributed by atoms with E-state index in [0.29, 0.717) is 12.4 Å². The number of ether oxygens (including phenoxy) is 1. The van der Waals surface area contributed by atoms with E-state index in [9.17, 15) is 13.2 Å². The summed E-state index contributed by atoms with van der Waals surface area (Å²) in [6.07, 6.45) is 2.57. The third-order valence-electron chi connectivity index (χ3n) is 4.83. The van der Waals surface area contributed by atoms with E-state index in [2.05, 4.69) is 34.2 Å². The van der Waals surface area contributed by atoms with Gasteiger partial charge in [-0.2, -0.15) is 5.10 Å². The highest BCUT2D eigenvalue weighted by Crippen LogP contribution is 2.25. The zero-order chi connectivity index (χ0) is 23.3. The number of benzene rings is 2. The first-order chi connectivity index (χ1) is 15.2. The highest BCUT2D eigenvalue weighted by Gasteiger charge is 2.23. The van der Waals surface area contributed by atoms with Crippen LogP contribution in [0.25, 0.3) is 0 Å². The van der Waals surface area contributed by atoms with E-state index >= 15 is 0 Å². The van der Waals surface area contributed by atoms with Gasteiger partial charge in [0.2, 0.25) is 10.0 Å². The minimum absolute atomic E-state index is 0.0918. The molecular weight excluding hydrogens is 428 g/mol. The summed E-state index contributed by atoms with van der Waals surface area (Å²) >= 11 is 0. The van der Waals surface area contributed by atoms with Crippen LogP contribution < -0.4 is 14.8 Å². The number of aryl methyl sites for hydroxylation is 1. The molecule has 0 aliphatic heterocycles. The van der Waals surface area contributed by atoms with Crippen molar-refractivity contribution in [1.29, 1.82) is 0 Å². The summed E-state index contributed by atoms with van der Waals surface area (Å²) in [5.41, 5.74) is 2.49. The van der Waals surface area contributed by atoms with Gasteiger partial charge < -0.3 is 10.1 Å². The Bertz CT molecular complexity index is 1180. The zero-order valence-corrected chi connectivity index (χ0v) is 19.4. The number of nitrogens with one attached hydrogen (secondary N) is 2. The topological polar surface area (TPSA) is 102 Å². The summed E-state index contributed by atoms with van der Waals surface area (Å²) in [6.45, 7) is 6.03. The quantitative estimate of drug-likeness (QED) is 0.514. The Hall–Kier alpha value is -3.17. The first-order valence-electron chi connectivity index (χ1n) is 10.3. The maximum Gasteiger partial charge on any atom is 0.256 e. The van der Waals surface area contributed by atoms with Gasteiger partial charge in [0, 0.05) is 17.7 Å². The smallest absolute Gasteiger partial charge is 0.256 e. The molecule has 3 aromatic rings. The van der Waals surface area contributed by atoms with Crippen LogP contribution in [0.1, 0.15) is 42.3 Å². The number of rotatable bonds is 9. The molecule has 0 aliphatic carbocycles. The van der Waals surface area contributed by atoms with Crippen LogP contribution in [0.5, 0.6) is 5.75 Å². The summed E-state index contributed by atoms with van der Waals surface area (Å²) in [4.78, 5) is 12.8. The van der Waals surface area contributed by atoms with Gasteiger partial charge in [0.05, 0.1) is 19.9 Å². The van der Waals surface area contributed by atoms with Gasteiger partial charge >= 0.3 is 0 Å². The van der Waals surface area contributed by atoms with Crippen LogP contribution in [0, 0.1) is 0 Å². The molecule has 170 valence electrons. The molecular formula is C23H28N4O4S. The fourth-order valence-electron chi connectivity index (χ4n) is 3.21. The average molecular weight is 457 g/mol. The maximum atomic E-state index is 12.9. The third-order valence-corrected chi connectivity index (χ3v) is 6.51. The summed E-state index contributed by atoms with van der Waals surface area (Å²) in [5, 5.41) is 7.11. The van der Waals surface area contributed by atoms with Crippen molar-refractivity contribution in [2.75, 3.05) is 12.4 Å². The molecule has 0 unspecified atom stereocenters. The lowest BCUT2D eigenvalue weighted by atomic mass is 10.1. The highest BCUT2D eigenvalue weighted by atomic mass is 32.2. The summed E-state index contributed by atoms with van der Waals surface area (Å²) in [5.74, 6) is 0.224. The molecule has 1 aromatic heterocycles. The van der Waals surface area contributed by atoms with E-state index in [1.807, 2.05) is 12.1 Å². The molecule has 32 heavy (non-hydrogen) atoms. The van der Waals surface area contributed by atoms with Crippen molar-refractivity contribution in [2.24, 2.45) is 0 Å². The summed E-state index contributed by atoms with van der Waals surface area (Å²) in [6, 6.07) is 13.9. The van der Waals surface area contributed by atoms with Crippen molar-refractivity contribution in [1.82, 2.24) is 14.5 Å². The van der Waals surface area contributed by atoms with Gasteiger partial charge in [0.15, 0.2) is 0 Å². The summed E-state index contributed by atoms with van der Waals surface area (Å²) < 4.78 is 34.7. The number of hydrogen-bond donors (Lipinski definition) is 2. The number of aromatic nitrogens is 2. The molecule has 0 radical (unpaired) electrons. The minimum Gasteiger partial charge on any atom is -0.495 e. The number of sulfonamides is 1. The monoisotopic (exact) mass is 456 g/mol. The van der Waals surface area contributed by atoms with Gasteiger partial charge in [0.25, 0.3) is 5.91 Å². The second-order valence-electron chi connectivity index (χ2n) is 7.64. The second-order valence-corrected chi connectivity index (χ2v) is 9.32. The van der Waals surface area contributed by atoms with E-state index in [4.69, 9.17) is 4.74 Å². The molecule has 2 aromatic carbocycles. The van der Waals surface area contributed by atoms with Crippen molar-refractivity contribution in [2.45, 2.75) is 44.7 Å². The second kappa shape index (κ2) is 9.97. The minimum atomic E-state index is -3.85. The predicted octanol–water partition coefficient (Wildman–Crippen LogP) is 3.44. The van der Waals surface area contributed by atoms with Crippen LogP contribution in [0.4, 0.5) is 5.82 Å². The Kier molecular flexibility index (Phi) is 7.32. The molecule has 1 amide bonds. The van der Waals surface area contributed by atoms with Crippen molar-refractivity contribution in [3.63, 3.8) is 0 Å². The molecule has 0 fully saturated rings. The third kappa shape index (κ3) is 5.54. The Morgan fingerprint density at radius 2 is 1.78 bits per heavy atom. The molecule has 0 saturated heterocycles. The van der Waals surface area contributed by atoms with Crippen LogP contribution in [0.3, 0.4) is 0 Å². The van der Waals surface area contributed by atoms with Crippen LogP contribution in [0.2, 0.25) is 0 Å². The predicted molar refractivity (Wildman–Crippen MR) is 124 cm³/mol. The van der Waals surface area contributed by atoms with Gasteiger partial charge in [-0.05, 0) is 49.6 Å². The van der Waals surface area contributed by atoms with E-state index in [-0.39, 0.29) is 22.3 Å². The molecule has 0 aliphatic rings. The lowest BCUT2D eigenvalue weighted by Gasteiger charge is -2.14. The number of hydrogen-bond acceptors (Lipinski definition) is 5. The first-order valence-corrected chi connectivity index (χ1v) is 11.8. The van der Waals surface area contributed by atoms with Gasteiger partial charge in [-0.1, -0.05) is 31.2 Å². The Morgan fingerprint density at radius 3 is 2.41 bits per heavy atom. The number of carbonyl (C=O) groups excluding carboxylic acids is 1. The zero-order valence-electron chi connectivity index (χ0n) is 18.6. The van der Waals surface area contributed by atoms with Gasteiger partial charge in [-0.25, -0.2) is 17.8 Å². The van der Waals surface area contributed by atoms with E-state index < -0.39 is 15.9 Å². The molecule has 1 heterocycles. The van der Waals surface area contributed by atoms with E-state index in [1.165, 1.54) is 30.9 Å². The normalized spacial score (nSPS) is 11.5. The van der Waals surface area contributed by atoms with Gasteiger partial charge in [0.1, 0.15) is 16.5 Å². The lowest BCUT2D eigenvalue weighted by molar-refractivity contribution is 0.102. The molecule has 9 heteroatoms. The lowest BCUT2D eigenvalue weighted by Crippen LogP contribution is -2.30. The fourth-order valence-corrected chi connectivity index (χ4v) is 4.65. The summed E-state index contributed by atoms with van der Waals surface area (Å²) in [7, 11) is -2.46. The average Bonchev–Trinajstić information content (AvgIpc) is 3.19. The van der Waals surface area contributed by atoms with E-state index in [1.54, 1.807) is 30.8 Å². The van der Waals surface area contributed by atoms with Gasteiger partial charge in [-0.3, -0.25) is 4.79 Å². The standard InChI is InChI=1S/C23H28N4O4S/c1-5-17-6-8-18(9-7-17)15-27-22(12-13-24-27)25-23(28)19-10-11-20(31-4)21(14-19)32(29,30)26-16(2)3/h6-14,16,26H,5,15H2,1-4H3,(H,25,28). The number of nitrogens with zero attached hydrogens (tertiary/aromatic N) is 2. The molecule has 3 rings (SSSR count). The number of anilines is 1. The van der Waals surface area contributed by atoms with Gasteiger partial charge in [-0.15, -0.1) is 0 Å². The molecule has 0 saturated carbocycles. The highest BCUT2D eigenvalue weighted by molar-refractivity contribution is 7.89. The molecule has 0 atom stereocenters. The van der Waals surface area contributed by atoms with Crippen LogP contribution in [-0.4, -0.2) is 37.3 Å². The van der Waals surface area contributed by atoms with Crippen LogP contribution in [-0.2, 0) is 23.0 Å². The molecule has 8 nitrogen and oxygen atoms in total. The first kappa shape index (κ1) is 23.5. The molecule has 0 bridgehead atoms. The van der Waals surface area contributed by atoms with Crippen LogP contribution >= 0.6 is 0 Å². The van der Waals surface area contributed by atoms with Crippen molar-refractivity contribution in [3.8, 4) is 5.75 Å². The Balaban J connectivity index is 1.82. The number of amides is 1. The number of methoxy groups -OCH3 is 1. The fraction of sp³-hybridized carbons (Fsp3) is 0.304. The number of carbonyl (C=O) groups is 1. The molecule has 0 spiro atoms. The molecule has 2 N–H and O–H groups in total. The van der Waals surface area contributed by atoms with Crippen molar-refractivity contribution < 1.29 is 17.9 Å². The van der Waals surface area contributed by atoms with Crippen molar-refractivity contribution in [3.05, 3.63) is 71.4 Å². The Morgan fingerprint density at radius 1 is 1.09 bits per heavy atom. The SMILES string of the molecule is CCc1ccc(Cn2nccc2NC(=O)c2ccc(OC)c(S(=O)(=O)NC(C)C)c2)cc1. The van der Waals surface area contributed by atoms with Crippen molar-refractivity contribution >= 4 is 21.7 Å².